The number of aryl methyl sites for hydroxylation is 1. The fraction of sp³-hybridized carbons (Fsp3) is 0.316. The number of hydroxylamine groups is 1. The minimum atomic E-state index is -4.14. The molecule has 7 nitrogen and oxygen atoms in total. The Labute approximate surface area is 176 Å². The largest absolute Gasteiger partial charge is 0.330 e. The second-order valence-electron chi connectivity index (χ2n) is 6.47. The first-order chi connectivity index (χ1) is 13.2. The number of carbonyl (C=O) groups excluding carboxylic acids is 1. The first-order valence-electron chi connectivity index (χ1n) is 8.70. The maximum atomic E-state index is 13.6. The van der Waals surface area contributed by atoms with Crippen LogP contribution >= 0.6 is 12.4 Å². The van der Waals surface area contributed by atoms with Crippen LogP contribution in [-0.2, 0) is 27.8 Å². The summed E-state index contributed by atoms with van der Waals surface area (Å²) in [6, 6.07) is 9.43. The average Bonchev–Trinajstić information content (AvgIpc) is 2.68. The van der Waals surface area contributed by atoms with Crippen molar-refractivity contribution in [2.45, 2.75) is 37.8 Å². The van der Waals surface area contributed by atoms with E-state index in [1.54, 1.807) is 12.1 Å². The molecule has 4 N–H and O–H groups in total. The van der Waals surface area contributed by atoms with Crippen molar-refractivity contribution in [3.8, 4) is 0 Å². The number of benzene rings is 2. The number of carbonyl (C=O) groups is 1. The van der Waals surface area contributed by atoms with Gasteiger partial charge in [0.25, 0.3) is 5.91 Å². The van der Waals surface area contributed by atoms with Crippen molar-refractivity contribution in [1.29, 1.82) is 0 Å². The molecule has 0 aliphatic rings. The number of nitrogens with two attached hydrogens (primary N) is 1. The van der Waals surface area contributed by atoms with Gasteiger partial charge in [-0.05, 0) is 61.7 Å². The molecule has 0 fully saturated rings. The molecule has 2 rings (SSSR count). The highest BCUT2D eigenvalue weighted by atomic mass is 35.5. The molecule has 0 aliphatic heterocycles. The highest BCUT2D eigenvalue weighted by molar-refractivity contribution is 7.89. The molecule has 0 spiro atoms. The highest BCUT2D eigenvalue weighted by Crippen LogP contribution is 2.23. The van der Waals surface area contributed by atoms with Gasteiger partial charge in [0.1, 0.15) is 11.9 Å². The van der Waals surface area contributed by atoms with E-state index in [2.05, 4.69) is 0 Å². The average molecular weight is 446 g/mol. The highest BCUT2D eigenvalue weighted by Gasteiger charge is 2.33. The van der Waals surface area contributed by atoms with E-state index in [1.807, 2.05) is 12.1 Å². The summed E-state index contributed by atoms with van der Waals surface area (Å²) in [7, 11) is -4.14. The Kier molecular flexibility index (Phi) is 9.18. The molecule has 160 valence electrons. The maximum Gasteiger partial charge on any atom is 0.261 e. The number of nitrogens with one attached hydrogen (secondary N) is 1. The van der Waals surface area contributed by atoms with Crippen LogP contribution in [-0.4, -0.2) is 36.4 Å². The Morgan fingerprint density at radius 2 is 1.79 bits per heavy atom. The number of rotatable bonds is 8. The number of halogens is 2. The van der Waals surface area contributed by atoms with Gasteiger partial charge in [0, 0.05) is 6.54 Å². The first kappa shape index (κ1) is 25.0. The van der Waals surface area contributed by atoms with Crippen LogP contribution in [0.1, 0.15) is 23.6 Å². The summed E-state index contributed by atoms with van der Waals surface area (Å²) in [6.07, 6.45) is 0.695. The predicted molar refractivity (Wildman–Crippen MR) is 110 cm³/mol. The molecule has 0 saturated carbocycles. The Bertz CT molecular complexity index is 939. The summed E-state index contributed by atoms with van der Waals surface area (Å²) >= 11 is 0. The molecule has 0 saturated heterocycles. The van der Waals surface area contributed by atoms with E-state index in [0.29, 0.717) is 18.5 Å². The molecule has 0 aliphatic carbocycles. The van der Waals surface area contributed by atoms with Crippen LogP contribution in [0.3, 0.4) is 0 Å². The van der Waals surface area contributed by atoms with Crippen LogP contribution in [0.4, 0.5) is 4.39 Å². The molecule has 10 heteroatoms. The third-order valence-electron chi connectivity index (χ3n) is 4.45. The van der Waals surface area contributed by atoms with Gasteiger partial charge in [0.2, 0.25) is 10.0 Å². The van der Waals surface area contributed by atoms with E-state index in [9.17, 15) is 17.6 Å². The van der Waals surface area contributed by atoms with Gasteiger partial charge in [0.05, 0.1) is 4.90 Å². The van der Waals surface area contributed by atoms with E-state index >= 15 is 0 Å². The standard InChI is InChI=1S/C19H24FN3O4S.ClH/c1-13-11-17(7-8-18(13)20)28(26,27)23(14(2)19(24)22-25)12-16-5-3-15(4-6-16)9-10-21;/h3-8,11,14,25H,9-10,12,21H2,1-2H3,(H,22,24);1H/t14-;/m1./s1. The zero-order valence-electron chi connectivity index (χ0n) is 16.1. The molecule has 2 aromatic rings. The summed E-state index contributed by atoms with van der Waals surface area (Å²) in [5, 5.41) is 8.95. The van der Waals surface area contributed by atoms with Crippen molar-refractivity contribution in [2.75, 3.05) is 6.54 Å². The molecule has 0 heterocycles. The Morgan fingerprint density at radius 1 is 1.21 bits per heavy atom. The molecule has 0 radical (unpaired) electrons. The molecule has 1 atom stereocenters. The minimum absolute atomic E-state index is 0. The van der Waals surface area contributed by atoms with Gasteiger partial charge in [-0.15, -0.1) is 12.4 Å². The summed E-state index contributed by atoms with van der Waals surface area (Å²) in [5.41, 5.74) is 8.85. The lowest BCUT2D eigenvalue weighted by Gasteiger charge is -2.27. The van der Waals surface area contributed by atoms with Crippen LogP contribution in [0.25, 0.3) is 0 Å². The van der Waals surface area contributed by atoms with E-state index in [1.165, 1.54) is 25.4 Å². The van der Waals surface area contributed by atoms with Crippen LogP contribution in [0, 0.1) is 12.7 Å². The normalized spacial score (nSPS) is 12.3. The van der Waals surface area contributed by atoms with Gasteiger partial charge in [-0.3, -0.25) is 10.0 Å². The van der Waals surface area contributed by atoms with Crippen molar-refractivity contribution in [3.05, 3.63) is 65.0 Å². The zero-order valence-corrected chi connectivity index (χ0v) is 17.8. The van der Waals surface area contributed by atoms with E-state index in [-0.39, 0.29) is 29.4 Å². The van der Waals surface area contributed by atoms with Gasteiger partial charge in [-0.2, -0.15) is 4.31 Å². The Morgan fingerprint density at radius 3 is 2.31 bits per heavy atom. The van der Waals surface area contributed by atoms with Crippen LogP contribution in [0.5, 0.6) is 0 Å². The van der Waals surface area contributed by atoms with Gasteiger partial charge in [0.15, 0.2) is 0 Å². The Hall–Kier alpha value is -2.04. The number of hydrogen-bond donors (Lipinski definition) is 3. The molecular weight excluding hydrogens is 421 g/mol. The lowest BCUT2D eigenvalue weighted by atomic mass is 10.1. The van der Waals surface area contributed by atoms with E-state index < -0.39 is 27.8 Å². The monoisotopic (exact) mass is 445 g/mol. The summed E-state index contributed by atoms with van der Waals surface area (Å²) < 4.78 is 40.8. The van der Waals surface area contributed by atoms with Gasteiger partial charge >= 0.3 is 0 Å². The van der Waals surface area contributed by atoms with Crippen molar-refractivity contribution in [3.63, 3.8) is 0 Å². The zero-order chi connectivity index (χ0) is 20.9. The van der Waals surface area contributed by atoms with Crippen molar-refractivity contribution >= 4 is 28.3 Å². The maximum absolute atomic E-state index is 13.6. The first-order valence-corrected chi connectivity index (χ1v) is 10.1. The molecule has 0 aromatic heterocycles. The van der Waals surface area contributed by atoms with E-state index in [0.717, 1.165) is 22.0 Å². The number of nitrogens with zero attached hydrogens (tertiary/aromatic N) is 1. The lowest BCUT2D eigenvalue weighted by molar-refractivity contribution is -0.132. The van der Waals surface area contributed by atoms with Crippen molar-refractivity contribution in [1.82, 2.24) is 9.79 Å². The number of amides is 1. The van der Waals surface area contributed by atoms with Gasteiger partial charge in [-0.25, -0.2) is 18.3 Å². The minimum Gasteiger partial charge on any atom is -0.330 e. The van der Waals surface area contributed by atoms with Crippen molar-refractivity contribution < 1.29 is 22.8 Å². The lowest BCUT2D eigenvalue weighted by Crippen LogP contribution is -2.46. The summed E-state index contributed by atoms with van der Waals surface area (Å²) in [4.78, 5) is 11.8. The third kappa shape index (κ3) is 5.97. The second-order valence-corrected chi connectivity index (χ2v) is 8.36. The smallest absolute Gasteiger partial charge is 0.261 e. The van der Waals surface area contributed by atoms with Crippen molar-refractivity contribution in [2.24, 2.45) is 5.73 Å². The van der Waals surface area contributed by atoms with E-state index in [4.69, 9.17) is 10.9 Å². The number of sulfonamides is 1. The molecule has 0 bridgehead atoms. The van der Waals surface area contributed by atoms with Crippen LogP contribution in [0.15, 0.2) is 47.4 Å². The number of hydrogen-bond acceptors (Lipinski definition) is 5. The van der Waals surface area contributed by atoms with Crippen LogP contribution < -0.4 is 11.2 Å². The molecule has 29 heavy (non-hydrogen) atoms. The Balaban J connectivity index is 0.00000420. The summed E-state index contributed by atoms with van der Waals surface area (Å²) in [5.74, 6) is -1.40. The fourth-order valence-corrected chi connectivity index (χ4v) is 4.39. The molecule has 0 unspecified atom stereocenters. The molecular formula is C19H25ClFN3O4S. The predicted octanol–water partition coefficient (Wildman–Crippen LogP) is 2.14. The molecule has 2 aromatic carbocycles. The SMILES string of the molecule is Cc1cc(S(=O)(=O)N(Cc2ccc(CCN)cc2)[C@H](C)C(=O)NO)ccc1F.Cl. The molecule has 1 amide bonds. The third-order valence-corrected chi connectivity index (χ3v) is 6.36. The quantitative estimate of drug-likeness (QED) is 0.425. The fourth-order valence-electron chi connectivity index (χ4n) is 2.73. The second kappa shape index (κ2) is 10.7. The summed E-state index contributed by atoms with van der Waals surface area (Å²) in [6.45, 7) is 3.22. The van der Waals surface area contributed by atoms with Crippen LogP contribution in [0.2, 0.25) is 0 Å². The van der Waals surface area contributed by atoms with Gasteiger partial charge in [-0.1, -0.05) is 24.3 Å². The van der Waals surface area contributed by atoms with Gasteiger partial charge < -0.3 is 5.73 Å². The topological polar surface area (TPSA) is 113 Å².